The average molecular weight is 281 g/mol. The number of carbonyl (C=O) groups excluding carboxylic acids is 1. The summed E-state index contributed by atoms with van der Waals surface area (Å²) >= 11 is 0. The topological polar surface area (TPSA) is 54.5 Å². The molecule has 0 aromatic heterocycles. The van der Waals surface area contributed by atoms with E-state index in [4.69, 9.17) is 0 Å². The molecule has 0 unspecified atom stereocenters. The summed E-state index contributed by atoms with van der Waals surface area (Å²) in [5.41, 5.74) is 1.00. The van der Waals surface area contributed by atoms with Gasteiger partial charge in [0.1, 0.15) is 0 Å². The van der Waals surface area contributed by atoms with E-state index in [1.165, 1.54) is 11.4 Å². The highest BCUT2D eigenvalue weighted by Crippen LogP contribution is 2.35. The fourth-order valence-corrected chi connectivity index (χ4v) is 3.89. The molecule has 4 nitrogen and oxygen atoms in total. The molecule has 19 heavy (non-hydrogen) atoms. The minimum atomic E-state index is -3.59. The molecular formula is C14H19NO3S. The van der Waals surface area contributed by atoms with Gasteiger partial charge in [0, 0.05) is 13.0 Å². The zero-order valence-corrected chi connectivity index (χ0v) is 12.4. The molecule has 0 radical (unpaired) electrons. The van der Waals surface area contributed by atoms with E-state index in [-0.39, 0.29) is 22.5 Å². The molecule has 0 amide bonds. The number of benzene rings is 1. The summed E-state index contributed by atoms with van der Waals surface area (Å²) in [6, 6.07) is 6.16. The van der Waals surface area contributed by atoms with Crippen LogP contribution in [0, 0.1) is 18.8 Å². The molecule has 0 heterocycles. The Morgan fingerprint density at radius 3 is 2.11 bits per heavy atom. The summed E-state index contributed by atoms with van der Waals surface area (Å²) in [5.74, 6) is 0.0177. The van der Waals surface area contributed by atoms with E-state index >= 15 is 0 Å². The Kier molecular flexibility index (Phi) is 3.53. The van der Waals surface area contributed by atoms with Crippen molar-refractivity contribution in [2.75, 3.05) is 7.05 Å². The first-order valence-electron chi connectivity index (χ1n) is 6.35. The van der Waals surface area contributed by atoms with Crippen LogP contribution in [0.4, 0.5) is 0 Å². The summed E-state index contributed by atoms with van der Waals surface area (Å²) < 4.78 is 26.1. The van der Waals surface area contributed by atoms with Crippen molar-refractivity contribution in [3.63, 3.8) is 0 Å². The molecule has 0 bridgehead atoms. The number of nitrogens with zero attached hydrogens (tertiary/aromatic N) is 1. The van der Waals surface area contributed by atoms with Crippen molar-refractivity contribution < 1.29 is 13.2 Å². The largest absolute Gasteiger partial charge is 0.298 e. The molecule has 1 fully saturated rings. The number of hydrogen-bond acceptors (Lipinski definition) is 3. The van der Waals surface area contributed by atoms with Gasteiger partial charge in [-0.2, -0.15) is 4.31 Å². The van der Waals surface area contributed by atoms with Crippen LogP contribution in [0.5, 0.6) is 0 Å². The maximum Gasteiger partial charge on any atom is 0.243 e. The van der Waals surface area contributed by atoms with Gasteiger partial charge >= 0.3 is 0 Å². The third kappa shape index (κ3) is 2.21. The zero-order chi connectivity index (χ0) is 14.4. The molecule has 2 rings (SSSR count). The number of ketones is 1. The number of likely N-dealkylation sites (N-methyl/N-ethyl adjacent to an activating group) is 1. The third-order valence-corrected chi connectivity index (χ3v) is 5.97. The number of rotatable bonds is 3. The van der Waals surface area contributed by atoms with Crippen molar-refractivity contribution in [3.05, 3.63) is 29.8 Å². The second-order valence-corrected chi connectivity index (χ2v) is 7.33. The van der Waals surface area contributed by atoms with Crippen LogP contribution in [0.1, 0.15) is 19.4 Å². The molecule has 0 aliphatic heterocycles. The van der Waals surface area contributed by atoms with Crippen LogP contribution >= 0.6 is 0 Å². The second kappa shape index (κ2) is 4.72. The van der Waals surface area contributed by atoms with E-state index in [0.717, 1.165) is 5.56 Å². The van der Waals surface area contributed by atoms with Crippen molar-refractivity contribution in [1.29, 1.82) is 0 Å². The molecule has 1 saturated carbocycles. The molecule has 1 aliphatic carbocycles. The standard InChI is InChI=1S/C14H19NO3S/c1-9-5-7-12(8-6-9)19(17,18)15(4)13-10(2)11(3)14(13)16/h5-8,10-11,13H,1-4H3/t10-,11-,13+/m1/s1. The summed E-state index contributed by atoms with van der Waals surface area (Å²) in [4.78, 5) is 12.1. The zero-order valence-electron chi connectivity index (χ0n) is 11.6. The summed E-state index contributed by atoms with van der Waals surface area (Å²) in [7, 11) is -2.11. The number of carbonyl (C=O) groups is 1. The molecule has 0 spiro atoms. The minimum absolute atomic E-state index is 0.00527. The molecule has 0 N–H and O–H groups in total. The predicted octanol–water partition coefficient (Wildman–Crippen LogP) is 1.84. The smallest absolute Gasteiger partial charge is 0.243 e. The van der Waals surface area contributed by atoms with E-state index in [0.29, 0.717) is 0 Å². The monoisotopic (exact) mass is 281 g/mol. The highest BCUT2D eigenvalue weighted by molar-refractivity contribution is 7.89. The quantitative estimate of drug-likeness (QED) is 0.849. The van der Waals surface area contributed by atoms with E-state index in [2.05, 4.69) is 0 Å². The number of sulfonamides is 1. The molecule has 1 aromatic rings. The van der Waals surface area contributed by atoms with Gasteiger partial charge in [0.05, 0.1) is 10.9 Å². The highest BCUT2D eigenvalue weighted by Gasteiger charge is 2.49. The fraction of sp³-hybridized carbons (Fsp3) is 0.500. The van der Waals surface area contributed by atoms with Crippen molar-refractivity contribution in [2.45, 2.75) is 31.7 Å². The number of aryl methyl sites for hydroxylation is 1. The van der Waals surface area contributed by atoms with E-state index in [1.807, 2.05) is 20.8 Å². The van der Waals surface area contributed by atoms with Gasteiger partial charge < -0.3 is 0 Å². The normalized spacial score (nSPS) is 27.4. The maximum atomic E-state index is 12.4. The first-order valence-corrected chi connectivity index (χ1v) is 7.79. The van der Waals surface area contributed by atoms with Gasteiger partial charge in [0.25, 0.3) is 0 Å². The van der Waals surface area contributed by atoms with Crippen LogP contribution in [0.3, 0.4) is 0 Å². The molecule has 0 saturated heterocycles. The Morgan fingerprint density at radius 1 is 1.11 bits per heavy atom. The number of Topliss-reactive ketones (excluding diaryl/α,β-unsaturated/α-hetero) is 1. The Bertz CT molecular complexity index is 592. The van der Waals surface area contributed by atoms with Crippen LogP contribution in [0.25, 0.3) is 0 Å². The lowest BCUT2D eigenvalue weighted by Crippen LogP contribution is -2.59. The second-order valence-electron chi connectivity index (χ2n) is 5.33. The Hall–Kier alpha value is -1.20. The molecule has 1 aliphatic rings. The summed E-state index contributed by atoms with van der Waals surface area (Å²) in [5, 5.41) is 0. The molecular weight excluding hydrogens is 262 g/mol. The average Bonchev–Trinajstić information content (AvgIpc) is 2.38. The lowest BCUT2D eigenvalue weighted by atomic mass is 9.70. The lowest BCUT2D eigenvalue weighted by Gasteiger charge is -2.43. The molecule has 104 valence electrons. The van der Waals surface area contributed by atoms with Gasteiger partial charge in [0.15, 0.2) is 5.78 Å². The van der Waals surface area contributed by atoms with Crippen LogP contribution in [0.15, 0.2) is 29.2 Å². The van der Waals surface area contributed by atoms with Crippen molar-refractivity contribution in [1.82, 2.24) is 4.31 Å². The summed E-state index contributed by atoms with van der Waals surface area (Å²) in [6.45, 7) is 5.66. The lowest BCUT2D eigenvalue weighted by molar-refractivity contribution is -0.139. The number of hydrogen-bond donors (Lipinski definition) is 0. The molecule has 3 atom stereocenters. The molecule has 5 heteroatoms. The molecule has 1 aromatic carbocycles. The van der Waals surface area contributed by atoms with Crippen LogP contribution in [-0.4, -0.2) is 31.6 Å². The SMILES string of the molecule is Cc1ccc(S(=O)(=O)N(C)[C@@H]2C(=O)[C@H](C)[C@H]2C)cc1. The van der Waals surface area contributed by atoms with E-state index in [9.17, 15) is 13.2 Å². The predicted molar refractivity (Wildman–Crippen MR) is 73.3 cm³/mol. The van der Waals surface area contributed by atoms with Gasteiger partial charge in [-0.3, -0.25) is 4.79 Å². The maximum absolute atomic E-state index is 12.4. The van der Waals surface area contributed by atoms with Gasteiger partial charge in [-0.1, -0.05) is 31.5 Å². The summed E-state index contributed by atoms with van der Waals surface area (Å²) in [6.07, 6.45) is 0. The first-order chi connectivity index (χ1) is 8.76. The van der Waals surface area contributed by atoms with Crippen molar-refractivity contribution >= 4 is 15.8 Å². The Labute approximate surface area is 114 Å². The Morgan fingerprint density at radius 2 is 1.63 bits per heavy atom. The van der Waals surface area contributed by atoms with Crippen LogP contribution < -0.4 is 0 Å². The third-order valence-electron chi connectivity index (χ3n) is 4.12. The van der Waals surface area contributed by atoms with Gasteiger partial charge in [0.2, 0.25) is 10.0 Å². The van der Waals surface area contributed by atoms with Gasteiger partial charge in [-0.15, -0.1) is 0 Å². The van der Waals surface area contributed by atoms with Crippen LogP contribution in [-0.2, 0) is 14.8 Å². The van der Waals surface area contributed by atoms with Crippen molar-refractivity contribution in [3.8, 4) is 0 Å². The first kappa shape index (κ1) is 14.2. The Balaban J connectivity index is 2.30. The highest BCUT2D eigenvalue weighted by atomic mass is 32.2. The van der Waals surface area contributed by atoms with E-state index in [1.54, 1.807) is 24.3 Å². The van der Waals surface area contributed by atoms with Crippen LogP contribution in [0.2, 0.25) is 0 Å². The fourth-order valence-electron chi connectivity index (χ4n) is 2.48. The van der Waals surface area contributed by atoms with Crippen molar-refractivity contribution in [2.24, 2.45) is 11.8 Å². The van der Waals surface area contributed by atoms with E-state index < -0.39 is 16.1 Å². The minimum Gasteiger partial charge on any atom is -0.298 e. The van der Waals surface area contributed by atoms with Gasteiger partial charge in [-0.05, 0) is 25.0 Å². The van der Waals surface area contributed by atoms with Gasteiger partial charge in [-0.25, -0.2) is 8.42 Å².